The lowest BCUT2D eigenvalue weighted by molar-refractivity contribution is -0.243. The monoisotopic (exact) mass is 229 g/mol. The molecule has 5 heteroatoms. The molecule has 0 aromatic heterocycles. The maximum Gasteiger partial charge on any atom is 0.348 e. The minimum absolute atomic E-state index is 0.112. The molecular weight excluding hydrogens is 210 g/mol. The first kappa shape index (κ1) is 11.8. The summed E-state index contributed by atoms with van der Waals surface area (Å²) in [5, 5.41) is 11.9. The van der Waals surface area contributed by atoms with E-state index in [2.05, 4.69) is 19.2 Å². The van der Waals surface area contributed by atoms with Crippen molar-refractivity contribution in [2.75, 3.05) is 19.8 Å². The number of rotatable bonds is 1. The molecule has 2 heterocycles. The molecule has 2 atom stereocenters. The van der Waals surface area contributed by atoms with Gasteiger partial charge in [-0.05, 0) is 12.8 Å². The first-order valence-electron chi connectivity index (χ1n) is 5.69. The summed E-state index contributed by atoms with van der Waals surface area (Å²) in [5.74, 6) is -0.958. The Hall–Kier alpha value is -0.650. The van der Waals surface area contributed by atoms with Crippen molar-refractivity contribution < 1.29 is 19.4 Å². The van der Waals surface area contributed by atoms with Crippen LogP contribution in [0, 0.1) is 5.41 Å². The molecule has 0 saturated carbocycles. The smallest absolute Gasteiger partial charge is 0.348 e. The molecule has 0 aromatic carbocycles. The maximum atomic E-state index is 11.0. The molecule has 2 unspecified atom stereocenters. The molecule has 5 nitrogen and oxygen atoms in total. The molecular formula is C11H19NO4. The van der Waals surface area contributed by atoms with E-state index in [4.69, 9.17) is 14.6 Å². The average Bonchev–Trinajstić information content (AvgIpc) is 2.23. The quantitative estimate of drug-likeness (QED) is 0.689. The van der Waals surface area contributed by atoms with Crippen molar-refractivity contribution in [1.29, 1.82) is 0 Å². The van der Waals surface area contributed by atoms with Crippen LogP contribution in [0.25, 0.3) is 0 Å². The van der Waals surface area contributed by atoms with Gasteiger partial charge in [-0.2, -0.15) is 0 Å². The zero-order valence-corrected chi connectivity index (χ0v) is 9.78. The van der Waals surface area contributed by atoms with Crippen LogP contribution in [0.2, 0.25) is 0 Å². The number of carboxylic acids is 1. The predicted octanol–water partition coefficient (Wildman–Crippen LogP) is 0.592. The summed E-state index contributed by atoms with van der Waals surface area (Å²) >= 11 is 0. The third-order valence-electron chi connectivity index (χ3n) is 3.74. The van der Waals surface area contributed by atoms with Gasteiger partial charge in [-0.1, -0.05) is 13.8 Å². The molecule has 2 saturated heterocycles. The van der Waals surface area contributed by atoms with Crippen LogP contribution in [0.1, 0.15) is 26.7 Å². The van der Waals surface area contributed by atoms with E-state index in [0.29, 0.717) is 13.2 Å². The highest BCUT2D eigenvalue weighted by Crippen LogP contribution is 2.42. The standard InChI is InChI=1S/C11H19NO4/c1-10(2)6-12-8(9(13)14)16-11(10)4-3-5-15-7-11/h8,12H,3-7H2,1-2H3,(H,13,14). The van der Waals surface area contributed by atoms with Gasteiger partial charge in [0.2, 0.25) is 6.23 Å². The van der Waals surface area contributed by atoms with Crippen LogP contribution < -0.4 is 5.32 Å². The zero-order valence-electron chi connectivity index (χ0n) is 9.78. The lowest BCUT2D eigenvalue weighted by atomic mass is 9.70. The highest BCUT2D eigenvalue weighted by atomic mass is 16.6. The number of hydrogen-bond donors (Lipinski definition) is 2. The highest BCUT2D eigenvalue weighted by molar-refractivity contribution is 5.72. The lowest BCUT2D eigenvalue weighted by Crippen LogP contribution is -2.66. The topological polar surface area (TPSA) is 67.8 Å². The van der Waals surface area contributed by atoms with Crippen molar-refractivity contribution in [1.82, 2.24) is 5.32 Å². The van der Waals surface area contributed by atoms with Crippen LogP contribution in [0.5, 0.6) is 0 Å². The number of nitrogens with one attached hydrogen (secondary N) is 1. The van der Waals surface area contributed by atoms with Gasteiger partial charge in [0.05, 0.1) is 6.61 Å². The van der Waals surface area contributed by atoms with E-state index in [-0.39, 0.29) is 5.41 Å². The Morgan fingerprint density at radius 1 is 1.50 bits per heavy atom. The fourth-order valence-corrected chi connectivity index (χ4v) is 2.47. The Balaban J connectivity index is 2.19. The molecule has 1 spiro atoms. The predicted molar refractivity (Wildman–Crippen MR) is 57.1 cm³/mol. The minimum Gasteiger partial charge on any atom is -0.478 e. The number of aliphatic carboxylic acids is 1. The van der Waals surface area contributed by atoms with E-state index >= 15 is 0 Å². The summed E-state index contributed by atoms with van der Waals surface area (Å²) in [6.45, 7) is 6.05. The van der Waals surface area contributed by atoms with Gasteiger partial charge in [-0.3, -0.25) is 5.32 Å². The second-order valence-electron chi connectivity index (χ2n) is 5.25. The van der Waals surface area contributed by atoms with Crippen molar-refractivity contribution in [3.63, 3.8) is 0 Å². The van der Waals surface area contributed by atoms with E-state index < -0.39 is 17.8 Å². The van der Waals surface area contributed by atoms with Gasteiger partial charge >= 0.3 is 5.97 Å². The van der Waals surface area contributed by atoms with Crippen molar-refractivity contribution >= 4 is 5.97 Å². The number of carboxylic acid groups (broad SMARTS) is 1. The molecule has 2 fully saturated rings. The van der Waals surface area contributed by atoms with Crippen LogP contribution in [0.15, 0.2) is 0 Å². The third kappa shape index (κ3) is 1.83. The molecule has 0 aromatic rings. The summed E-state index contributed by atoms with van der Waals surface area (Å²) in [5.41, 5.74) is -0.571. The van der Waals surface area contributed by atoms with Crippen LogP contribution in [0.3, 0.4) is 0 Å². The molecule has 0 amide bonds. The number of hydrogen-bond acceptors (Lipinski definition) is 4. The molecule has 2 rings (SSSR count). The molecule has 0 aliphatic carbocycles. The summed E-state index contributed by atoms with van der Waals surface area (Å²) in [4.78, 5) is 11.0. The Kier molecular flexibility index (Phi) is 2.94. The second-order valence-corrected chi connectivity index (χ2v) is 5.25. The van der Waals surface area contributed by atoms with Gasteiger partial charge in [-0.15, -0.1) is 0 Å². The summed E-state index contributed by atoms with van der Waals surface area (Å²) in [7, 11) is 0. The summed E-state index contributed by atoms with van der Waals surface area (Å²) < 4.78 is 11.2. The Morgan fingerprint density at radius 3 is 2.81 bits per heavy atom. The van der Waals surface area contributed by atoms with Gasteiger partial charge < -0.3 is 14.6 Å². The second kappa shape index (κ2) is 3.98. The van der Waals surface area contributed by atoms with Crippen molar-refractivity contribution in [3.05, 3.63) is 0 Å². The van der Waals surface area contributed by atoms with E-state index in [1.165, 1.54) is 0 Å². The Bertz CT molecular complexity index is 284. The van der Waals surface area contributed by atoms with Gasteiger partial charge in [-0.25, -0.2) is 4.79 Å². The molecule has 0 radical (unpaired) electrons. The van der Waals surface area contributed by atoms with Crippen molar-refractivity contribution in [2.24, 2.45) is 5.41 Å². The Morgan fingerprint density at radius 2 is 2.25 bits per heavy atom. The van der Waals surface area contributed by atoms with Gasteiger partial charge in [0.1, 0.15) is 5.60 Å². The van der Waals surface area contributed by atoms with Crippen molar-refractivity contribution in [2.45, 2.75) is 38.5 Å². The number of carbonyl (C=O) groups is 1. The molecule has 2 aliphatic heterocycles. The van der Waals surface area contributed by atoms with E-state index in [0.717, 1.165) is 19.4 Å². The van der Waals surface area contributed by atoms with Crippen LogP contribution in [-0.2, 0) is 14.3 Å². The van der Waals surface area contributed by atoms with E-state index in [1.807, 2.05) is 0 Å². The summed E-state index contributed by atoms with van der Waals surface area (Å²) in [6, 6.07) is 0. The van der Waals surface area contributed by atoms with Crippen LogP contribution in [0.4, 0.5) is 0 Å². The SMILES string of the molecule is CC1(C)CNC(C(=O)O)OC12CCCOC2. The van der Waals surface area contributed by atoms with Crippen molar-refractivity contribution in [3.8, 4) is 0 Å². The molecule has 0 bridgehead atoms. The first-order chi connectivity index (χ1) is 7.47. The number of ether oxygens (including phenoxy) is 2. The third-order valence-corrected chi connectivity index (χ3v) is 3.74. The van der Waals surface area contributed by atoms with E-state index in [9.17, 15) is 4.79 Å². The first-order valence-corrected chi connectivity index (χ1v) is 5.69. The van der Waals surface area contributed by atoms with Gasteiger partial charge in [0, 0.05) is 18.6 Å². The molecule has 2 aliphatic rings. The normalized spacial score (nSPS) is 38.5. The van der Waals surface area contributed by atoms with Crippen LogP contribution >= 0.6 is 0 Å². The maximum absolute atomic E-state index is 11.0. The summed E-state index contributed by atoms with van der Waals surface area (Å²) in [6.07, 6.45) is 0.885. The average molecular weight is 229 g/mol. The van der Waals surface area contributed by atoms with E-state index in [1.54, 1.807) is 0 Å². The fraction of sp³-hybridized carbons (Fsp3) is 0.909. The zero-order chi connectivity index (χ0) is 11.8. The fourth-order valence-electron chi connectivity index (χ4n) is 2.47. The lowest BCUT2D eigenvalue weighted by Gasteiger charge is -2.53. The van der Waals surface area contributed by atoms with Gasteiger partial charge in [0.25, 0.3) is 0 Å². The van der Waals surface area contributed by atoms with Gasteiger partial charge in [0.15, 0.2) is 0 Å². The molecule has 2 N–H and O–H groups in total. The minimum atomic E-state index is -0.958. The largest absolute Gasteiger partial charge is 0.478 e. The molecule has 92 valence electrons. The highest BCUT2D eigenvalue weighted by Gasteiger charge is 2.52. The molecule has 16 heavy (non-hydrogen) atoms. The Labute approximate surface area is 95.1 Å². The van der Waals surface area contributed by atoms with Crippen LogP contribution in [-0.4, -0.2) is 42.7 Å².